The molecule has 4 rings (SSSR count). The van der Waals surface area contributed by atoms with E-state index in [1.54, 1.807) is 13.1 Å². The van der Waals surface area contributed by atoms with Crippen molar-refractivity contribution in [3.63, 3.8) is 0 Å². The van der Waals surface area contributed by atoms with E-state index in [4.69, 9.17) is 9.47 Å². The summed E-state index contributed by atoms with van der Waals surface area (Å²) in [5.41, 5.74) is 0.918. The van der Waals surface area contributed by atoms with Crippen LogP contribution in [0.15, 0.2) is 66.9 Å². The lowest BCUT2D eigenvalue weighted by molar-refractivity contribution is -0.134. The number of methoxy groups -OCH3 is 1. The van der Waals surface area contributed by atoms with Crippen molar-refractivity contribution in [2.45, 2.75) is 56.8 Å². The highest BCUT2D eigenvalue weighted by atomic mass is 32.1. The average molecular weight is 593 g/mol. The minimum Gasteiger partial charge on any atom is -0.382 e. The fourth-order valence-electron chi connectivity index (χ4n) is 4.48. The lowest BCUT2D eigenvalue weighted by Crippen LogP contribution is -2.58. The minimum absolute atomic E-state index is 0.136. The third-order valence-corrected chi connectivity index (χ3v) is 7.89. The van der Waals surface area contributed by atoms with Crippen molar-refractivity contribution in [3.05, 3.63) is 87.9 Å². The van der Waals surface area contributed by atoms with Gasteiger partial charge >= 0.3 is 0 Å². The summed E-state index contributed by atoms with van der Waals surface area (Å²) in [6, 6.07) is 16.0. The number of epoxide rings is 1. The fourth-order valence-corrected chi connectivity index (χ4v) is 5.14. The number of hydrogen-bond acceptors (Lipinski definition) is 8. The first-order chi connectivity index (χ1) is 20.2. The Balaban J connectivity index is 1.48. The zero-order chi connectivity index (χ0) is 30.1. The Kier molecular flexibility index (Phi) is 10.6. The molecule has 11 heteroatoms. The van der Waals surface area contributed by atoms with Gasteiger partial charge in [-0.25, -0.2) is 4.98 Å². The maximum atomic E-state index is 13.5. The van der Waals surface area contributed by atoms with Crippen LogP contribution >= 0.6 is 11.3 Å². The third-order valence-electron chi connectivity index (χ3n) is 6.98. The van der Waals surface area contributed by atoms with Crippen LogP contribution < -0.4 is 16.0 Å². The number of nitrogens with one attached hydrogen (secondary N) is 3. The summed E-state index contributed by atoms with van der Waals surface area (Å²) in [4.78, 5) is 58.2. The summed E-state index contributed by atoms with van der Waals surface area (Å²) in [6.45, 7) is 3.68. The molecular weight excluding hydrogens is 556 g/mol. The third kappa shape index (κ3) is 8.54. The van der Waals surface area contributed by atoms with E-state index in [-0.39, 0.29) is 36.8 Å². The topological polar surface area (TPSA) is 139 Å². The van der Waals surface area contributed by atoms with Gasteiger partial charge in [-0.1, -0.05) is 60.7 Å². The number of benzene rings is 2. The Morgan fingerprint density at radius 1 is 0.929 bits per heavy atom. The Labute approximate surface area is 249 Å². The fraction of sp³-hybridized carbons (Fsp3) is 0.387. The molecule has 2 aromatic carbocycles. The minimum atomic E-state index is -1.11. The van der Waals surface area contributed by atoms with E-state index in [1.807, 2.05) is 67.6 Å². The lowest BCUT2D eigenvalue weighted by atomic mass is 9.94. The van der Waals surface area contributed by atoms with E-state index in [0.29, 0.717) is 6.42 Å². The SMILES string of the molecule is COC[C@H](NC(=O)[C@H](CCc1ccccc1)NC(=O)c1ncc(C)s1)C(=O)N[C@@H](Cc1ccccc1)C(=O)[C@@]1(C)CO1. The van der Waals surface area contributed by atoms with Crippen LogP contribution in [0, 0.1) is 6.92 Å². The number of ether oxygens (including phenoxy) is 2. The van der Waals surface area contributed by atoms with E-state index >= 15 is 0 Å². The second-order valence-corrected chi connectivity index (χ2v) is 11.7. The number of hydrogen-bond donors (Lipinski definition) is 3. The van der Waals surface area contributed by atoms with Crippen LogP contribution in [0.3, 0.4) is 0 Å². The van der Waals surface area contributed by atoms with E-state index in [1.165, 1.54) is 18.4 Å². The molecule has 0 saturated carbocycles. The molecule has 0 spiro atoms. The predicted octanol–water partition coefficient (Wildman–Crippen LogP) is 2.40. The van der Waals surface area contributed by atoms with Crippen molar-refractivity contribution >= 4 is 34.8 Å². The highest BCUT2D eigenvalue weighted by Gasteiger charge is 2.50. The molecule has 1 aliphatic rings. The van der Waals surface area contributed by atoms with Gasteiger partial charge in [0.05, 0.1) is 19.3 Å². The molecule has 1 aromatic heterocycles. The molecule has 0 bridgehead atoms. The largest absolute Gasteiger partial charge is 0.382 e. The molecule has 1 fully saturated rings. The number of carbonyl (C=O) groups excluding carboxylic acids is 4. The molecule has 0 radical (unpaired) electrons. The molecule has 1 aliphatic heterocycles. The summed E-state index contributed by atoms with van der Waals surface area (Å²) in [5.74, 6) is -1.84. The van der Waals surface area contributed by atoms with Crippen molar-refractivity contribution in [2.24, 2.45) is 0 Å². The van der Waals surface area contributed by atoms with Gasteiger partial charge in [0.15, 0.2) is 10.8 Å². The molecule has 0 aliphatic carbocycles. The maximum absolute atomic E-state index is 13.5. The number of aryl methyl sites for hydroxylation is 2. The van der Waals surface area contributed by atoms with Crippen LogP contribution in [0.2, 0.25) is 0 Å². The summed E-state index contributed by atoms with van der Waals surface area (Å²) < 4.78 is 10.6. The van der Waals surface area contributed by atoms with Gasteiger partial charge in [0.25, 0.3) is 5.91 Å². The van der Waals surface area contributed by atoms with Gasteiger partial charge in [-0.2, -0.15) is 0 Å². The first kappa shape index (κ1) is 31.0. The van der Waals surface area contributed by atoms with Gasteiger partial charge < -0.3 is 25.4 Å². The first-order valence-electron chi connectivity index (χ1n) is 13.8. The number of Topliss-reactive ketones (excluding diaryl/α,β-unsaturated/α-hetero) is 1. The van der Waals surface area contributed by atoms with Crippen molar-refractivity contribution in [1.29, 1.82) is 0 Å². The molecule has 2 heterocycles. The number of amides is 3. The molecule has 0 unspecified atom stereocenters. The van der Waals surface area contributed by atoms with Crippen LogP contribution in [0.25, 0.3) is 0 Å². The van der Waals surface area contributed by atoms with Gasteiger partial charge in [0.1, 0.15) is 17.7 Å². The predicted molar refractivity (Wildman–Crippen MR) is 158 cm³/mol. The standard InChI is InChI=1S/C31H36N4O6S/c1-20-17-32-30(42-20)29(39)33-23(15-14-21-10-6-4-7-11-21)27(37)35-25(18-40-3)28(38)34-24(26(36)31(2)19-41-31)16-22-12-8-5-9-13-22/h4-13,17,23-25H,14-16,18-19H2,1-3H3,(H,33,39)(H,34,38)(H,35,37)/t23-,24-,25-,31+/m0/s1. The van der Waals surface area contributed by atoms with Crippen molar-refractivity contribution < 1.29 is 28.7 Å². The monoisotopic (exact) mass is 592 g/mol. The van der Waals surface area contributed by atoms with Gasteiger partial charge in [0, 0.05) is 18.2 Å². The van der Waals surface area contributed by atoms with Crippen LogP contribution in [-0.4, -0.2) is 72.5 Å². The number of nitrogens with zero attached hydrogens (tertiary/aromatic N) is 1. The average Bonchev–Trinajstić information content (AvgIpc) is 3.60. The molecule has 222 valence electrons. The molecule has 4 atom stereocenters. The summed E-state index contributed by atoms with van der Waals surface area (Å²) in [7, 11) is 1.41. The molecule has 3 aromatic rings. The van der Waals surface area contributed by atoms with Crippen molar-refractivity contribution in [3.8, 4) is 0 Å². The molecule has 1 saturated heterocycles. The quantitative estimate of drug-likeness (QED) is 0.230. The summed E-state index contributed by atoms with van der Waals surface area (Å²) in [6.07, 6.45) is 2.67. The Bertz CT molecular complexity index is 1380. The normalized spacial score (nSPS) is 17.9. The van der Waals surface area contributed by atoms with E-state index in [2.05, 4.69) is 20.9 Å². The van der Waals surface area contributed by atoms with Crippen LogP contribution in [0.4, 0.5) is 0 Å². The highest BCUT2D eigenvalue weighted by molar-refractivity contribution is 7.13. The summed E-state index contributed by atoms with van der Waals surface area (Å²) in [5, 5.41) is 8.56. The smallest absolute Gasteiger partial charge is 0.280 e. The Hall–Kier alpha value is -3.93. The number of carbonyl (C=O) groups is 4. The van der Waals surface area contributed by atoms with Crippen LogP contribution in [0.5, 0.6) is 0 Å². The van der Waals surface area contributed by atoms with Gasteiger partial charge in [-0.15, -0.1) is 11.3 Å². The second-order valence-electron chi connectivity index (χ2n) is 10.5. The highest BCUT2D eigenvalue weighted by Crippen LogP contribution is 2.29. The lowest BCUT2D eigenvalue weighted by Gasteiger charge is -2.25. The molecule has 10 nitrogen and oxygen atoms in total. The molecule has 42 heavy (non-hydrogen) atoms. The van der Waals surface area contributed by atoms with Crippen LogP contribution in [-0.2, 0) is 36.7 Å². The first-order valence-corrected chi connectivity index (χ1v) is 14.6. The Morgan fingerprint density at radius 2 is 1.52 bits per heavy atom. The van der Waals surface area contributed by atoms with Gasteiger partial charge in [-0.3, -0.25) is 19.2 Å². The van der Waals surface area contributed by atoms with Crippen molar-refractivity contribution in [1.82, 2.24) is 20.9 Å². The van der Waals surface area contributed by atoms with E-state index < -0.39 is 41.4 Å². The Morgan fingerprint density at radius 3 is 2.10 bits per heavy atom. The van der Waals surface area contributed by atoms with Crippen LogP contribution in [0.1, 0.15) is 39.2 Å². The van der Waals surface area contributed by atoms with Gasteiger partial charge in [-0.05, 0) is 44.2 Å². The number of ketones is 1. The van der Waals surface area contributed by atoms with Gasteiger partial charge in [0.2, 0.25) is 11.8 Å². The second kappa shape index (κ2) is 14.3. The van der Waals surface area contributed by atoms with Crippen molar-refractivity contribution in [2.75, 3.05) is 20.3 Å². The number of aromatic nitrogens is 1. The zero-order valence-corrected chi connectivity index (χ0v) is 24.7. The maximum Gasteiger partial charge on any atom is 0.280 e. The zero-order valence-electron chi connectivity index (χ0n) is 23.9. The molecule has 3 N–H and O–H groups in total. The van der Waals surface area contributed by atoms with E-state index in [9.17, 15) is 19.2 Å². The summed E-state index contributed by atoms with van der Waals surface area (Å²) >= 11 is 1.23. The van der Waals surface area contributed by atoms with E-state index in [0.717, 1.165) is 16.0 Å². The molecule has 3 amide bonds. The number of thiazole rings is 1. The number of rotatable bonds is 15. The molecular formula is C31H36N4O6S.